The first-order valence-corrected chi connectivity index (χ1v) is 6.70. The van der Waals surface area contributed by atoms with E-state index in [4.69, 9.17) is 9.47 Å². The van der Waals surface area contributed by atoms with Gasteiger partial charge in [-0.05, 0) is 19.1 Å². The lowest BCUT2D eigenvalue weighted by atomic mass is 10.3. The molecule has 116 valence electrons. The lowest BCUT2D eigenvalue weighted by Crippen LogP contribution is -2.33. The third kappa shape index (κ3) is 4.34. The summed E-state index contributed by atoms with van der Waals surface area (Å²) in [6.07, 6.45) is 1.32. The average Bonchev–Trinajstić information content (AvgIpc) is 2.50. The molecular weight excluding hydrogens is 288 g/mol. The van der Waals surface area contributed by atoms with Crippen molar-refractivity contribution in [2.24, 2.45) is 0 Å². The van der Waals surface area contributed by atoms with Crippen molar-refractivity contribution in [3.05, 3.63) is 62.9 Å². The molecule has 1 N–H and O–H groups in total. The minimum atomic E-state index is -0.645. The quantitative estimate of drug-likeness (QED) is 0.619. The molecule has 0 spiro atoms. The molecular formula is C15H16N2O5. The fraction of sp³-hybridized carbons (Fsp3) is 0.267. The van der Waals surface area contributed by atoms with Crippen molar-refractivity contribution in [1.82, 2.24) is 9.55 Å². The molecule has 22 heavy (non-hydrogen) atoms. The summed E-state index contributed by atoms with van der Waals surface area (Å²) >= 11 is 0. The zero-order chi connectivity index (χ0) is 15.9. The van der Waals surface area contributed by atoms with Crippen LogP contribution in [0.15, 0.2) is 46.1 Å². The highest BCUT2D eigenvalue weighted by Gasteiger charge is 2.07. The van der Waals surface area contributed by atoms with Crippen molar-refractivity contribution in [2.45, 2.75) is 13.5 Å². The number of para-hydroxylation sites is 1. The van der Waals surface area contributed by atoms with Crippen LogP contribution in [0.2, 0.25) is 0 Å². The van der Waals surface area contributed by atoms with Gasteiger partial charge < -0.3 is 9.47 Å². The lowest BCUT2D eigenvalue weighted by Gasteiger charge is -2.08. The SMILES string of the molecule is Cc1cn(CC(=O)OCCOc2ccccc2)c(=O)[nH]c1=O. The third-order valence-electron chi connectivity index (χ3n) is 2.85. The second kappa shape index (κ2) is 7.26. The molecule has 0 saturated heterocycles. The average molecular weight is 304 g/mol. The first kappa shape index (κ1) is 15.6. The van der Waals surface area contributed by atoms with Gasteiger partial charge in [-0.1, -0.05) is 18.2 Å². The first-order chi connectivity index (χ1) is 10.6. The summed E-state index contributed by atoms with van der Waals surface area (Å²) in [4.78, 5) is 36.5. The Morgan fingerprint density at radius 3 is 2.64 bits per heavy atom. The van der Waals surface area contributed by atoms with E-state index in [-0.39, 0.29) is 19.8 Å². The largest absolute Gasteiger partial charge is 0.490 e. The van der Waals surface area contributed by atoms with E-state index >= 15 is 0 Å². The van der Waals surface area contributed by atoms with Crippen molar-refractivity contribution in [3.8, 4) is 5.75 Å². The summed E-state index contributed by atoms with van der Waals surface area (Å²) in [7, 11) is 0. The second-order valence-electron chi connectivity index (χ2n) is 4.58. The van der Waals surface area contributed by atoms with E-state index in [0.29, 0.717) is 11.3 Å². The molecule has 0 radical (unpaired) electrons. The van der Waals surface area contributed by atoms with Gasteiger partial charge in [0.1, 0.15) is 25.5 Å². The summed E-state index contributed by atoms with van der Waals surface area (Å²) < 4.78 is 11.4. The number of hydrogen-bond donors (Lipinski definition) is 1. The van der Waals surface area contributed by atoms with Crippen LogP contribution in [0.25, 0.3) is 0 Å². The van der Waals surface area contributed by atoms with Crippen molar-refractivity contribution in [3.63, 3.8) is 0 Å². The number of rotatable bonds is 6. The van der Waals surface area contributed by atoms with Crippen LogP contribution >= 0.6 is 0 Å². The number of aromatic amines is 1. The molecule has 1 aromatic carbocycles. The van der Waals surface area contributed by atoms with Crippen molar-refractivity contribution >= 4 is 5.97 Å². The van der Waals surface area contributed by atoms with Gasteiger partial charge in [-0.2, -0.15) is 0 Å². The highest BCUT2D eigenvalue weighted by Crippen LogP contribution is 2.07. The molecule has 1 heterocycles. The van der Waals surface area contributed by atoms with E-state index in [1.165, 1.54) is 6.20 Å². The highest BCUT2D eigenvalue weighted by atomic mass is 16.6. The number of ether oxygens (including phenoxy) is 2. The zero-order valence-electron chi connectivity index (χ0n) is 12.1. The summed E-state index contributed by atoms with van der Waals surface area (Å²) in [5.74, 6) is 0.108. The monoisotopic (exact) mass is 304 g/mol. The molecule has 0 fully saturated rings. The highest BCUT2D eigenvalue weighted by molar-refractivity contribution is 5.69. The molecule has 0 amide bonds. The fourth-order valence-electron chi connectivity index (χ4n) is 1.75. The van der Waals surface area contributed by atoms with E-state index in [1.807, 2.05) is 18.2 Å². The van der Waals surface area contributed by atoms with Crippen molar-refractivity contribution < 1.29 is 14.3 Å². The number of carbonyl (C=O) groups excluding carboxylic acids is 1. The summed E-state index contributed by atoms with van der Waals surface area (Å²) in [6.45, 7) is 1.58. The minimum Gasteiger partial charge on any atom is -0.490 e. The van der Waals surface area contributed by atoms with Crippen LogP contribution in [0.3, 0.4) is 0 Å². The number of nitrogens with one attached hydrogen (secondary N) is 1. The van der Waals surface area contributed by atoms with E-state index in [9.17, 15) is 14.4 Å². The number of aromatic nitrogens is 2. The first-order valence-electron chi connectivity index (χ1n) is 6.70. The topological polar surface area (TPSA) is 90.4 Å². The molecule has 0 unspecified atom stereocenters. The van der Waals surface area contributed by atoms with E-state index in [0.717, 1.165) is 4.57 Å². The Morgan fingerprint density at radius 2 is 1.91 bits per heavy atom. The molecule has 0 bridgehead atoms. The maximum Gasteiger partial charge on any atom is 0.328 e. The Hall–Kier alpha value is -2.83. The van der Waals surface area contributed by atoms with Crippen LogP contribution < -0.4 is 16.0 Å². The molecule has 0 aliphatic heterocycles. The number of carbonyl (C=O) groups is 1. The molecule has 1 aromatic heterocycles. The van der Waals surface area contributed by atoms with Gasteiger partial charge in [0.25, 0.3) is 5.56 Å². The molecule has 0 atom stereocenters. The van der Waals surface area contributed by atoms with Crippen LogP contribution in [0, 0.1) is 6.92 Å². The smallest absolute Gasteiger partial charge is 0.328 e. The van der Waals surface area contributed by atoms with Gasteiger partial charge in [0, 0.05) is 11.8 Å². The van der Waals surface area contributed by atoms with Crippen LogP contribution in [-0.2, 0) is 16.1 Å². The Kier molecular flexibility index (Phi) is 5.13. The predicted molar refractivity (Wildman–Crippen MR) is 79.0 cm³/mol. The zero-order valence-corrected chi connectivity index (χ0v) is 12.1. The van der Waals surface area contributed by atoms with Crippen molar-refractivity contribution in [1.29, 1.82) is 0 Å². The summed E-state index contributed by atoms with van der Waals surface area (Å²) in [6, 6.07) is 9.14. The molecule has 2 aromatic rings. The number of aryl methyl sites for hydroxylation is 1. The molecule has 2 rings (SSSR count). The summed E-state index contributed by atoms with van der Waals surface area (Å²) in [5.41, 5.74) is -0.765. The predicted octanol–water partition coefficient (Wildman–Crippen LogP) is 0.467. The van der Waals surface area contributed by atoms with E-state index in [1.54, 1.807) is 19.1 Å². The molecule has 0 aliphatic carbocycles. The van der Waals surface area contributed by atoms with E-state index in [2.05, 4.69) is 4.98 Å². The second-order valence-corrected chi connectivity index (χ2v) is 4.58. The number of H-pyrrole nitrogens is 1. The van der Waals surface area contributed by atoms with Gasteiger partial charge in [0.05, 0.1) is 0 Å². The maximum absolute atomic E-state index is 11.6. The van der Waals surface area contributed by atoms with Gasteiger partial charge in [-0.25, -0.2) is 4.79 Å². The van der Waals surface area contributed by atoms with Crippen LogP contribution in [0.1, 0.15) is 5.56 Å². The number of nitrogens with zero attached hydrogens (tertiary/aromatic N) is 1. The number of benzene rings is 1. The standard InChI is InChI=1S/C15H16N2O5/c1-11-9-17(15(20)16-14(11)19)10-13(18)22-8-7-21-12-5-3-2-4-6-12/h2-6,9H,7-8,10H2,1H3,(H,16,19,20). The van der Waals surface area contributed by atoms with Gasteiger partial charge in [-0.15, -0.1) is 0 Å². The molecule has 7 heteroatoms. The van der Waals surface area contributed by atoms with Gasteiger partial charge in [0.2, 0.25) is 0 Å². The maximum atomic E-state index is 11.6. The Morgan fingerprint density at radius 1 is 1.18 bits per heavy atom. The fourth-order valence-corrected chi connectivity index (χ4v) is 1.75. The lowest BCUT2D eigenvalue weighted by molar-refractivity contribution is -0.145. The minimum absolute atomic E-state index is 0.0742. The Labute approximate surface area is 126 Å². The Balaban J connectivity index is 1.80. The molecule has 0 aliphatic rings. The van der Waals surface area contributed by atoms with Crippen molar-refractivity contribution in [2.75, 3.05) is 13.2 Å². The molecule has 7 nitrogen and oxygen atoms in total. The normalized spacial score (nSPS) is 10.2. The van der Waals surface area contributed by atoms with Gasteiger partial charge >= 0.3 is 11.7 Å². The van der Waals surface area contributed by atoms with Crippen LogP contribution in [-0.4, -0.2) is 28.7 Å². The molecule has 0 saturated carbocycles. The number of esters is 1. The summed E-state index contributed by atoms with van der Waals surface area (Å²) in [5, 5.41) is 0. The van der Waals surface area contributed by atoms with Crippen LogP contribution in [0.5, 0.6) is 5.75 Å². The number of hydrogen-bond acceptors (Lipinski definition) is 5. The van der Waals surface area contributed by atoms with Gasteiger partial charge in [-0.3, -0.25) is 19.1 Å². The van der Waals surface area contributed by atoms with Crippen LogP contribution in [0.4, 0.5) is 0 Å². The Bertz CT molecular complexity index is 749. The van der Waals surface area contributed by atoms with Gasteiger partial charge in [0.15, 0.2) is 0 Å². The third-order valence-corrected chi connectivity index (χ3v) is 2.85. The van der Waals surface area contributed by atoms with E-state index < -0.39 is 17.2 Å².